The summed E-state index contributed by atoms with van der Waals surface area (Å²) in [6, 6.07) is 9.71. The van der Waals surface area contributed by atoms with Crippen LogP contribution in [-0.4, -0.2) is 21.4 Å². The van der Waals surface area contributed by atoms with Crippen molar-refractivity contribution in [2.45, 2.75) is 45.4 Å². The molecule has 1 heterocycles. The van der Waals surface area contributed by atoms with E-state index in [0.29, 0.717) is 12.1 Å². The lowest BCUT2D eigenvalue weighted by molar-refractivity contribution is 0.685. The molecule has 0 unspecified atom stereocenters. The number of nitrogens with zero attached hydrogens (tertiary/aromatic N) is 3. The van der Waals surface area contributed by atoms with Crippen molar-refractivity contribution >= 4 is 12.2 Å². The van der Waals surface area contributed by atoms with Crippen molar-refractivity contribution in [3.05, 3.63) is 51.9 Å². The Morgan fingerprint density at radius 1 is 1.17 bits per heavy atom. The molecule has 0 aliphatic heterocycles. The molecule has 0 bridgehead atoms. The van der Waals surface area contributed by atoms with Crippen molar-refractivity contribution in [2.75, 3.05) is 5.43 Å². The van der Waals surface area contributed by atoms with Crippen LogP contribution in [0.2, 0.25) is 0 Å². The van der Waals surface area contributed by atoms with E-state index in [1.807, 2.05) is 30.3 Å². The number of H-pyrrole nitrogens is 1. The van der Waals surface area contributed by atoms with E-state index in [1.165, 1.54) is 19.3 Å². The Labute approximate surface area is 136 Å². The van der Waals surface area contributed by atoms with Gasteiger partial charge in [-0.05, 0) is 18.4 Å². The number of hydrazone groups is 1. The SMILES string of the molecule is CCCCCC/C=N/Nc1nnc(Cc2ccccc2)c(=O)[nH]1. The smallest absolute Gasteiger partial charge is 0.274 e. The van der Waals surface area contributed by atoms with Gasteiger partial charge < -0.3 is 0 Å². The molecule has 0 saturated heterocycles. The van der Waals surface area contributed by atoms with E-state index in [1.54, 1.807) is 6.21 Å². The number of hydrogen-bond acceptors (Lipinski definition) is 5. The zero-order valence-corrected chi connectivity index (χ0v) is 13.5. The normalized spacial score (nSPS) is 11.0. The van der Waals surface area contributed by atoms with Crippen molar-refractivity contribution in [1.82, 2.24) is 15.2 Å². The summed E-state index contributed by atoms with van der Waals surface area (Å²) in [5, 5.41) is 12.0. The highest BCUT2D eigenvalue weighted by molar-refractivity contribution is 5.58. The molecule has 0 radical (unpaired) electrons. The van der Waals surface area contributed by atoms with Crippen LogP contribution in [0.25, 0.3) is 0 Å². The van der Waals surface area contributed by atoms with Crippen LogP contribution >= 0.6 is 0 Å². The Hall–Kier alpha value is -2.50. The van der Waals surface area contributed by atoms with E-state index >= 15 is 0 Å². The van der Waals surface area contributed by atoms with E-state index in [0.717, 1.165) is 18.4 Å². The van der Waals surface area contributed by atoms with Crippen LogP contribution in [0.3, 0.4) is 0 Å². The molecule has 0 atom stereocenters. The highest BCUT2D eigenvalue weighted by atomic mass is 16.1. The molecule has 6 nitrogen and oxygen atoms in total. The third-order valence-corrected chi connectivity index (χ3v) is 3.43. The molecule has 0 fully saturated rings. The number of nitrogens with one attached hydrogen (secondary N) is 2. The molecular formula is C17H23N5O. The van der Waals surface area contributed by atoms with Crippen molar-refractivity contribution in [2.24, 2.45) is 5.10 Å². The number of rotatable bonds is 9. The number of aromatic nitrogens is 3. The summed E-state index contributed by atoms with van der Waals surface area (Å²) in [7, 11) is 0. The third-order valence-electron chi connectivity index (χ3n) is 3.43. The monoisotopic (exact) mass is 313 g/mol. The van der Waals surface area contributed by atoms with E-state index in [-0.39, 0.29) is 11.5 Å². The van der Waals surface area contributed by atoms with Gasteiger partial charge in [0.1, 0.15) is 5.69 Å². The summed E-state index contributed by atoms with van der Waals surface area (Å²) in [4.78, 5) is 14.7. The van der Waals surface area contributed by atoms with Crippen LogP contribution in [0.15, 0.2) is 40.2 Å². The molecule has 1 aromatic carbocycles. The maximum atomic E-state index is 12.0. The second kappa shape index (κ2) is 9.50. The minimum atomic E-state index is -0.246. The topological polar surface area (TPSA) is 83.0 Å². The van der Waals surface area contributed by atoms with Crippen LogP contribution in [0.5, 0.6) is 0 Å². The third kappa shape index (κ3) is 6.02. The van der Waals surface area contributed by atoms with E-state index in [4.69, 9.17) is 0 Å². The summed E-state index contributed by atoms with van der Waals surface area (Å²) >= 11 is 0. The largest absolute Gasteiger partial charge is 0.288 e. The van der Waals surface area contributed by atoms with Crippen LogP contribution in [0.1, 0.15) is 50.3 Å². The molecule has 2 aromatic rings. The lowest BCUT2D eigenvalue weighted by atomic mass is 10.1. The first-order valence-electron chi connectivity index (χ1n) is 8.07. The highest BCUT2D eigenvalue weighted by Crippen LogP contribution is 2.03. The van der Waals surface area contributed by atoms with Crippen LogP contribution in [-0.2, 0) is 6.42 Å². The number of hydrogen-bond donors (Lipinski definition) is 2. The molecule has 1 aromatic heterocycles. The molecule has 0 spiro atoms. The summed E-state index contributed by atoms with van der Waals surface area (Å²) in [6.07, 6.45) is 7.99. The first-order chi connectivity index (χ1) is 11.3. The molecule has 0 saturated carbocycles. The van der Waals surface area contributed by atoms with Gasteiger partial charge in [0.25, 0.3) is 5.56 Å². The standard InChI is InChI=1S/C17H23N5O/c1-2-3-4-5-9-12-18-21-17-19-16(23)15(20-22-17)13-14-10-7-6-8-11-14/h6-8,10-12H,2-5,9,13H2,1H3,(H2,19,21,22,23)/b18-12+. The Balaban J connectivity index is 1.84. The summed E-state index contributed by atoms with van der Waals surface area (Å²) in [5.41, 5.74) is 3.88. The van der Waals surface area contributed by atoms with Gasteiger partial charge in [-0.3, -0.25) is 9.78 Å². The average molecular weight is 313 g/mol. The van der Waals surface area contributed by atoms with Gasteiger partial charge in [-0.25, -0.2) is 5.43 Å². The lowest BCUT2D eigenvalue weighted by Crippen LogP contribution is -2.18. The number of unbranched alkanes of at least 4 members (excludes halogenated alkanes) is 4. The minimum Gasteiger partial charge on any atom is -0.288 e. The van der Waals surface area contributed by atoms with E-state index in [2.05, 4.69) is 32.6 Å². The van der Waals surface area contributed by atoms with Crippen molar-refractivity contribution in [1.29, 1.82) is 0 Å². The van der Waals surface area contributed by atoms with Crippen molar-refractivity contribution < 1.29 is 0 Å². The second-order valence-corrected chi connectivity index (χ2v) is 5.38. The molecular weight excluding hydrogens is 290 g/mol. The summed E-state index contributed by atoms with van der Waals surface area (Å²) < 4.78 is 0. The maximum absolute atomic E-state index is 12.0. The van der Waals surface area contributed by atoms with Gasteiger partial charge in [-0.1, -0.05) is 56.5 Å². The minimum absolute atomic E-state index is 0.246. The fourth-order valence-corrected chi connectivity index (χ4v) is 2.15. The Morgan fingerprint density at radius 3 is 2.74 bits per heavy atom. The molecule has 0 aliphatic rings. The molecule has 122 valence electrons. The number of benzene rings is 1. The first kappa shape index (κ1) is 16.9. The van der Waals surface area contributed by atoms with Gasteiger partial charge in [-0.2, -0.15) is 5.10 Å². The van der Waals surface area contributed by atoms with Gasteiger partial charge in [-0.15, -0.1) is 10.2 Å². The van der Waals surface area contributed by atoms with E-state index < -0.39 is 0 Å². The van der Waals surface area contributed by atoms with Crippen molar-refractivity contribution in [3.8, 4) is 0 Å². The predicted octanol–water partition coefficient (Wildman–Crippen LogP) is 3.12. The van der Waals surface area contributed by atoms with Gasteiger partial charge in [0.2, 0.25) is 5.95 Å². The number of anilines is 1. The quantitative estimate of drug-likeness (QED) is 0.423. The van der Waals surface area contributed by atoms with Gasteiger partial charge >= 0.3 is 0 Å². The first-order valence-corrected chi connectivity index (χ1v) is 8.07. The molecule has 6 heteroatoms. The molecule has 0 aliphatic carbocycles. The maximum Gasteiger partial charge on any atom is 0.274 e. The predicted molar refractivity (Wildman–Crippen MR) is 92.8 cm³/mol. The summed E-state index contributed by atoms with van der Waals surface area (Å²) in [5.74, 6) is 0.261. The molecule has 0 amide bonds. The van der Waals surface area contributed by atoms with E-state index in [9.17, 15) is 4.79 Å². The fraction of sp³-hybridized carbons (Fsp3) is 0.412. The Bertz CT molecular complexity index is 666. The summed E-state index contributed by atoms with van der Waals surface area (Å²) in [6.45, 7) is 2.19. The lowest BCUT2D eigenvalue weighted by Gasteiger charge is -2.01. The van der Waals surface area contributed by atoms with Gasteiger partial charge in [0.05, 0.1) is 0 Å². The zero-order chi connectivity index (χ0) is 16.3. The van der Waals surface area contributed by atoms with Gasteiger partial charge in [0, 0.05) is 12.6 Å². The number of aromatic amines is 1. The molecule has 2 N–H and O–H groups in total. The zero-order valence-electron chi connectivity index (χ0n) is 13.5. The average Bonchev–Trinajstić information content (AvgIpc) is 2.57. The van der Waals surface area contributed by atoms with Crippen LogP contribution in [0, 0.1) is 0 Å². The molecule has 23 heavy (non-hydrogen) atoms. The second-order valence-electron chi connectivity index (χ2n) is 5.38. The molecule has 2 rings (SSSR count). The van der Waals surface area contributed by atoms with Crippen LogP contribution < -0.4 is 11.0 Å². The van der Waals surface area contributed by atoms with Crippen molar-refractivity contribution in [3.63, 3.8) is 0 Å². The Kier molecular flexibility index (Phi) is 6.97. The Morgan fingerprint density at radius 2 is 2.00 bits per heavy atom. The van der Waals surface area contributed by atoms with Gasteiger partial charge in [0.15, 0.2) is 0 Å². The fourth-order valence-electron chi connectivity index (χ4n) is 2.15. The highest BCUT2D eigenvalue weighted by Gasteiger charge is 2.05. The van der Waals surface area contributed by atoms with Crippen LogP contribution in [0.4, 0.5) is 5.95 Å².